The summed E-state index contributed by atoms with van der Waals surface area (Å²) < 4.78 is 0. The van der Waals surface area contributed by atoms with Crippen LogP contribution in [0.3, 0.4) is 0 Å². The Morgan fingerprint density at radius 3 is 2.81 bits per heavy atom. The zero-order valence-electron chi connectivity index (χ0n) is 12.2. The molecular formula is C15H20N4O2. The number of amides is 2. The van der Waals surface area contributed by atoms with Gasteiger partial charge in [-0.15, -0.1) is 0 Å². The van der Waals surface area contributed by atoms with Crippen LogP contribution < -0.4 is 11.1 Å². The number of fused-ring (bicyclic) bond motifs is 1. The largest absolute Gasteiger partial charge is 0.361 e. The maximum atomic E-state index is 12.2. The maximum absolute atomic E-state index is 12.2. The van der Waals surface area contributed by atoms with Crippen LogP contribution in [0, 0.1) is 0 Å². The van der Waals surface area contributed by atoms with Gasteiger partial charge in [-0.05, 0) is 18.1 Å². The molecule has 6 nitrogen and oxygen atoms in total. The van der Waals surface area contributed by atoms with Gasteiger partial charge in [-0.1, -0.05) is 18.2 Å². The summed E-state index contributed by atoms with van der Waals surface area (Å²) in [5, 5.41) is 3.55. The van der Waals surface area contributed by atoms with Gasteiger partial charge in [0, 0.05) is 31.2 Å². The van der Waals surface area contributed by atoms with Gasteiger partial charge in [0.1, 0.15) is 0 Å². The van der Waals surface area contributed by atoms with Gasteiger partial charge < -0.3 is 20.9 Å². The Morgan fingerprint density at radius 2 is 2.10 bits per heavy atom. The molecule has 0 saturated heterocycles. The first-order chi connectivity index (χ1) is 10.0. The summed E-state index contributed by atoms with van der Waals surface area (Å²) in [6.45, 7) is 0.0108. The number of para-hydroxylation sites is 1. The van der Waals surface area contributed by atoms with E-state index in [1.165, 1.54) is 11.9 Å². The number of nitrogens with zero attached hydrogens (tertiary/aromatic N) is 1. The first-order valence-electron chi connectivity index (χ1n) is 6.79. The molecule has 2 amide bonds. The van der Waals surface area contributed by atoms with Crippen LogP contribution in [0.5, 0.6) is 0 Å². The molecule has 2 rings (SSSR count). The number of H-pyrrole nitrogens is 1. The number of rotatable bonds is 5. The second kappa shape index (κ2) is 6.41. The van der Waals surface area contributed by atoms with Crippen LogP contribution in [0.15, 0.2) is 30.5 Å². The van der Waals surface area contributed by atoms with Gasteiger partial charge in [-0.3, -0.25) is 9.59 Å². The number of hydrogen-bond acceptors (Lipinski definition) is 3. The molecule has 1 unspecified atom stereocenters. The van der Waals surface area contributed by atoms with Gasteiger partial charge in [-0.2, -0.15) is 0 Å². The van der Waals surface area contributed by atoms with E-state index in [4.69, 9.17) is 5.73 Å². The molecule has 0 spiro atoms. The molecule has 112 valence electrons. The van der Waals surface area contributed by atoms with Gasteiger partial charge in [0.05, 0.1) is 12.6 Å². The third-order valence-corrected chi connectivity index (χ3v) is 3.47. The fourth-order valence-electron chi connectivity index (χ4n) is 2.28. The highest BCUT2D eigenvalue weighted by Gasteiger charge is 2.21. The number of aromatic nitrogens is 1. The highest BCUT2D eigenvalue weighted by Crippen LogP contribution is 2.18. The first kappa shape index (κ1) is 15.1. The van der Waals surface area contributed by atoms with Crippen LogP contribution in [0.4, 0.5) is 0 Å². The smallest absolute Gasteiger partial charge is 0.240 e. The van der Waals surface area contributed by atoms with E-state index >= 15 is 0 Å². The average molecular weight is 288 g/mol. The molecule has 0 radical (unpaired) electrons. The van der Waals surface area contributed by atoms with Crippen molar-refractivity contribution in [1.82, 2.24) is 15.2 Å². The van der Waals surface area contributed by atoms with Crippen molar-refractivity contribution in [3.63, 3.8) is 0 Å². The molecule has 1 aromatic carbocycles. The zero-order valence-corrected chi connectivity index (χ0v) is 12.2. The van der Waals surface area contributed by atoms with Gasteiger partial charge in [-0.25, -0.2) is 0 Å². The normalized spacial score (nSPS) is 12.1. The van der Waals surface area contributed by atoms with Crippen LogP contribution >= 0.6 is 0 Å². The molecule has 0 aliphatic rings. The summed E-state index contributed by atoms with van der Waals surface area (Å²) in [6.07, 6.45) is 2.30. The summed E-state index contributed by atoms with van der Waals surface area (Å²) in [5.41, 5.74) is 8.00. The van der Waals surface area contributed by atoms with Gasteiger partial charge in [0.2, 0.25) is 11.8 Å². The molecular weight excluding hydrogens is 268 g/mol. The fourth-order valence-corrected chi connectivity index (χ4v) is 2.28. The van der Waals surface area contributed by atoms with Crippen LogP contribution in [0.2, 0.25) is 0 Å². The molecule has 0 aliphatic heterocycles. The lowest BCUT2D eigenvalue weighted by Gasteiger charge is -2.20. The monoisotopic (exact) mass is 288 g/mol. The maximum Gasteiger partial charge on any atom is 0.240 e. The third-order valence-electron chi connectivity index (χ3n) is 3.47. The Labute approximate surface area is 123 Å². The Hall–Kier alpha value is -2.34. The van der Waals surface area contributed by atoms with Gasteiger partial charge in [0.15, 0.2) is 0 Å². The molecule has 0 bridgehead atoms. The summed E-state index contributed by atoms with van der Waals surface area (Å²) >= 11 is 0. The lowest BCUT2D eigenvalue weighted by atomic mass is 10.0. The predicted molar refractivity (Wildman–Crippen MR) is 81.7 cm³/mol. The molecule has 2 aromatic rings. The molecule has 1 heterocycles. The highest BCUT2D eigenvalue weighted by molar-refractivity contribution is 5.88. The van der Waals surface area contributed by atoms with Gasteiger partial charge >= 0.3 is 0 Å². The van der Waals surface area contributed by atoms with Crippen molar-refractivity contribution in [3.8, 4) is 0 Å². The van der Waals surface area contributed by atoms with E-state index in [1.807, 2.05) is 30.5 Å². The van der Waals surface area contributed by atoms with E-state index in [1.54, 1.807) is 7.05 Å². The van der Waals surface area contributed by atoms with Crippen LogP contribution in [0.1, 0.15) is 5.56 Å². The zero-order chi connectivity index (χ0) is 15.4. The number of nitrogens with two attached hydrogens (primary N) is 1. The molecule has 6 heteroatoms. The van der Waals surface area contributed by atoms with Crippen LogP contribution in [-0.2, 0) is 16.0 Å². The molecule has 21 heavy (non-hydrogen) atoms. The fraction of sp³-hybridized carbons (Fsp3) is 0.333. The number of benzene rings is 1. The molecule has 1 aromatic heterocycles. The second-order valence-electron chi connectivity index (χ2n) is 5.04. The van der Waals surface area contributed by atoms with Crippen molar-refractivity contribution >= 4 is 22.7 Å². The molecule has 4 N–H and O–H groups in total. The number of carbonyl (C=O) groups is 2. The number of hydrogen-bond donors (Lipinski definition) is 3. The van der Waals surface area contributed by atoms with Crippen molar-refractivity contribution in [2.45, 2.75) is 12.5 Å². The summed E-state index contributed by atoms with van der Waals surface area (Å²) in [4.78, 5) is 28.0. The van der Waals surface area contributed by atoms with Crippen molar-refractivity contribution in [3.05, 3.63) is 36.0 Å². The summed E-state index contributed by atoms with van der Waals surface area (Å²) in [7, 11) is 3.11. The van der Waals surface area contributed by atoms with E-state index in [2.05, 4.69) is 10.3 Å². The lowest BCUT2D eigenvalue weighted by molar-refractivity contribution is -0.135. The highest BCUT2D eigenvalue weighted by atomic mass is 16.2. The lowest BCUT2D eigenvalue weighted by Crippen LogP contribution is -2.46. The second-order valence-corrected chi connectivity index (χ2v) is 5.04. The molecule has 1 atom stereocenters. The SMILES string of the molecule is CNC(=O)CN(C)C(=O)C(N)Cc1c[nH]c2ccccc12. The number of carbonyl (C=O) groups excluding carboxylic acids is 2. The molecule has 0 aliphatic carbocycles. The van der Waals surface area contributed by atoms with Gasteiger partial charge in [0.25, 0.3) is 0 Å². The quantitative estimate of drug-likeness (QED) is 0.736. The number of nitrogens with one attached hydrogen (secondary N) is 2. The first-order valence-corrected chi connectivity index (χ1v) is 6.79. The van der Waals surface area contributed by atoms with E-state index in [0.29, 0.717) is 6.42 Å². The van der Waals surface area contributed by atoms with E-state index in [9.17, 15) is 9.59 Å². The van der Waals surface area contributed by atoms with E-state index in [-0.39, 0.29) is 18.4 Å². The summed E-state index contributed by atoms with van der Waals surface area (Å²) in [5.74, 6) is -0.464. The predicted octanol–water partition coefficient (Wildman–Crippen LogP) is 0.242. The molecule has 0 saturated carbocycles. The Kier molecular flexibility index (Phi) is 4.59. The minimum atomic E-state index is -0.668. The standard InChI is InChI=1S/C15H20N4O2/c1-17-14(20)9-19(2)15(21)12(16)7-10-8-18-13-6-4-3-5-11(10)13/h3-6,8,12,18H,7,9,16H2,1-2H3,(H,17,20). The number of likely N-dealkylation sites (N-methyl/N-ethyl adjacent to an activating group) is 2. The van der Waals surface area contributed by atoms with Crippen molar-refractivity contribution in [2.75, 3.05) is 20.6 Å². The van der Waals surface area contributed by atoms with E-state index in [0.717, 1.165) is 16.5 Å². The Morgan fingerprint density at radius 1 is 1.38 bits per heavy atom. The Bertz CT molecular complexity index is 650. The van der Waals surface area contributed by atoms with Crippen LogP contribution in [0.25, 0.3) is 10.9 Å². The summed E-state index contributed by atoms with van der Waals surface area (Å²) in [6, 6.07) is 7.20. The van der Waals surface area contributed by atoms with Crippen molar-refractivity contribution < 1.29 is 9.59 Å². The van der Waals surface area contributed by atoms with Crippen LogP contribution in [-0.4, -0.2) is 48.4 Å². The third kappa shape index (κ3) is 3.41. The minimum Gasteiger partial charge on any atom is -0.361 e. The van der Waals surface area contributed by atoms with E-state index < -0.39 is 6.04 Å². The minimum absolute atomic E-state index is 0.0108. The Balaban J connectivity index is 2.05. The number of aromatic amines is 1. The molecule has 0 fully saturated rings. The van der Waals surface area contributed by atoms with Crippen molar-refractivity contribution in [2.24, 2.45) is 5.73 Å². The topological polar surface area (TPSA) is 91.2 Å². The van der Waals surface area contributed by atoms with Crippen molar-refractivity contribution in [1.29, 1.82) is 0 Å². The average Bonchev–Trinajstić information content (AvgIpc) is 2.89.